The van der Waals surface area contributed by atoms with E-state index >= 15 is 0 Å². The van der Waals surface area contributed by atoms with Gasteiger partial charge in [-0.2, -0.15) is 0 Å². The predicted octanol–water partition coefficient (Wildman–Crippen LogP) is 1.11. The molecule has 18 heavy (non-hydrogen) atoms. The second kappa shape index (κ2) is 5.85. The fraction of sp³-hybridized carbons (Fsp3) is 0.364. The number of rotatable bonds is 5. The first-order chi connectivity index (χ1) is 8.41. The first kappa shape index (κ1) is 13.8. The van der Waals surface area contributed by atoms with Gasteiger partial charge in [-0.25, -0.2) is 0 Å². The topological polar surface area (TPSA) is 110 Å². The van der Waals surface area contributed by atoms with Crippen LogP contribution in [0.4, 0.5) is 17.1 Å². The van der Waals surface area contributed by atoms with Gasteiger partial charge in [0, 0.05) is 6.04 Å². The summed E-state index contributed by atoms with van der Waals surface area (Å²) in [5, 5.41) is 16.2. The number of nitro groups is 1. The summed E-state index contributed by atoms with van der Waals surface area (Å²) in [5.41, 5.74) is 5.61. The lowest BCUT2D eigenvalue weighted by Gasteiger charge is -2.10. The minimum Gasteiger partial charge on any atom is -0.393 e. The van der Waals surface area contributed by atoms with Gasteiger partial charge in [-0.15, -0.1) is 0 Å². The normalized spacial score (nSPS) is 10.2. The third-order valence-corrected chi connectivity index (χ3v) is 2.14. The number of benzene rings is 1. The quantitative estimate of drug-likeness (QED) is 0.413. The number of hydrogen-bond donors (Lipinski definition) is 3. The molecule has 0 bridgehead atoms. The summed E-state index contributed by atoms with van der Waals surface area (Å²) >= 11 is 0. The van der Waals surface area contributed by atoms with E-state index in [1.54, 1.807) is 6.07 Å². The molecule has 0 spiro atoms. The molecule has 0 aliphatic rings. The lowest BCUT2D eigenvalue weighted by molar-refractivity contribution is -0.383. The summed E-state index contributed by atoms with van der Waals surface area (Å²) in [4.78, 5) is 21.7. The van der Waals surface area contributed by atoms with Crippen LogP contribution in [-0.4, -0.2) is 23.4 Å². The molecular weight excluding hydrogens is 236 g/mol. The van der Waals surface area contributed by atoms with Crippen LogP contribution in [0.15, 0.2) is 18.2 Å². The Labute approximate surface area is 105 Å². The number of nitrogens with zero attached hydrogens (tertiary/aromatic N) is 1. The van der Waals surface area contributed by atoms with Crippen LogP contribution < -0.4 is 16.4 Å². The van der Waals surface area contributed by atoms with Gasteiger partial charge in [-0.05, 0) is 26.0 Å². The summed E-state index contributed by atoms with van der Waals surface area (Å²) in [6.07, 6.45) is 0. The van der Waals surface area contributed by atoms with Gasteiger partial charge >= 0.3 is 5.69 Å². The molecule has 0 saturated heterocycles. The highest BCUT2D eigenvalue weighted by Gasteiger charge is 2.17. The number of nitrogens with one attached hydrogen (secondary N) is 2. The van der Waals surface area contributed by atoms with Crippen LogP contribution in [0.1, 0.15) is 13.8 Å². The lowest BCUT2D eigenvalue weighted by Crippen LogP contribution is -2.34. The Morgan fingerprint density at radius 2 is 2.17 bits per heavy atom. The molecule has 0 unspecified atom stereocenters. The minimum absolute atomic E-state index is 0.0233. The number of hydrogen-bond acceptors (Lipinski definition) is 5. The predicted molar refractivity (Wildman–Crippen MR) is 69.3 cm³/mol. The average molecular weight is 252 g/mol. The third kappa shape index (κ3) is 3.62. The standard InChI is InChI=1S/C11H16N4O3/c1-7(2)14-10(16)6-13-9-5-3-4-8(12)11(9)15(17)18/h3-5,7,13H,6,12H2,1-2H3,(H,14,16). The molecule has 98 valence electrons. The third-order valence-electron chi connectivity index (χ3n) is 2.14. The molecule has 0 aliphatic heterocycles. The van der Waals surface area contributed by atoms with Crippen LogP contribution in [0, 0.1) is 10.1 Å². The van der Waals surface area contributed by atoms with E-state index in [0.717, 1.165) is 0 Å². The van der Waals surface area contributed by atoms with E-state index in [0.29, 0.717) is 0 Å². The van der Waals surface area contributed by atoms with Crippen LogP contribution in [0.25, 0.3) is 0 Å². The summed E-state index contributed by atoms with van der Waals surface area (Å²) in [5.74, 6) is -0.235. The Morgan fingerprint density at radius 1 is 1.50 bits per heavy atom. The van der Waals surface area contributed by atoms with Gasteiger partial charge in [0.25, 0.3) is 0 Å². The summed E-state index contributed by atoms with van der Waals surface area (Å²) < 4.78 is 0. The number of anilines is 2. The number of para-hydroxylation sites is 1. The van der Waals surface area contributed by atoms with Crippen molar-refractivity contribution < 1.29 is 9.72 Å². The van der Waals surface area contributed by atoms with Crippen molar-refractivity contribution in [1.29, 1.82) is 0 Å². The van der Waals surface area contributed by atoms with Gasteiger partial charge in [-0.3, -0.25) is 14.9 Å². The van der Waals surface area contributed by atoms with Crippen LogP contribution >= 0.6 is 0 Å². The zero-order valence-corrected chi connectivity index (χ0v) is 10.3. The molecule has 0 fully saturated rings. The smallest absolute Gasteiger partial charge is 0.314 e. The van der Waals surface area contributed by atoms with Gasteiger partial charge in [-0.1, -0.05) is 6.07 Å². The number of carbonyl (C=O) groups excluding carboxylic acids is 1. The van der Waals surface area contributed by atoms with E-state index < -0.39 is 4.92 Å². The van der Waals surface area contributed by atoms with Gasteiger partial charge in [0.1, 0.15) is 11.4 Å². The van der Waals surface area contributed by atoms with Gasteiger partial charge in [0.15, 0.2) is 0 Å². The Balaban J connectivity index is 2.76. The van der Waals surface area contributed by atoms with E-state index in [9.17, 15) is 14.9 Å². The van der Waals surface area contributed by atoms with E-state index in [1.165, 1.54) is 12.1 Å². The van der Waals surface area contributed by atoms with Crippen molar-refractivity contribution in [3.05, 3.63) is 28.3 Å². The van der Waals surface area contributed by atoms with Gasteiger partial charge in [0.2, 0.25) is 5.91 Å². The van der Waals surface area contributed by atoms with Crippen LogP contribution in [0.2, 0.25) is 0 Å². The maximum absolute atomic E-state index is 11.4. The van der Waals surface area contributed by atoms with Crippen molar-refractivity contribution in [2.75, 3.05) is 17.6 Å². The zero-order valence-electron chi connectivity index (χ0n) is 10.3. The molecule has 1 rings (SSSR count). The Bertz CT molecular complexity index is 460. The fourth-order valence-corrected chi connectivity index (χ4v) is 1.46. The van der Waals surface area contributed by atoms with E-state index in [4.69, 9.17) is 5.73 Å². The molecule has 1 aromatic rings. The molecular formula is C11H16N4O3. The van der Waals surface area contributed by atoms with Crippen molar-refractivity contribution in [2.24, 2.45) is 0 Å². The van der Waals surface area contributed by atoms with E-state index in [2.05, 4.69) is 10.6 Å². The van der Waals surface area contributed by atoms with Crippen molar-refractivity contribution in [2.45, 2.75) is 19.9 Å². The van der Waals surface area contributed by atoms with Crippen molar-refractivity contribution in [1.82, 2.24) is 5.32 Å². The molecule has 7 nitrogen and oxygen atoms in total. The van der Waals surface area contributed by atoms with Crippen LogP contribution in [0.5, 0.6) is 0 Å². The summed E-state index contributed by atoms with van der Waals surface area (Å²) in [6.45, 7) is 3.63. The molecule has 1 aromatic carbocycles. The van der Waals surface area contributed by atoms with Crippen molar-refractivity contribution >= 4 is 23.0 Å². The summed E-state index contributed by atoms with van der Waals surface area (Å²) in [6, 6.07) is 4.56. The van der Waals surface area contributed by atoms with E-state index in [-0.39, 0.29) is 35.6 Å². The minimum atomic E-state index is -0.571. The van der Waals surface area contributed by atoms with Crippen LogP contribution in [-0.2, 0) is 4.79 Å². The zero-order chi connectivity index (χ0) is 13.7. The number of nitrogen functional groups attached to an aromatic ring is 1. The maximum atomic E-state index is 11.4. The number of nitrogens with two attached hydrogens (primary N) is 1. The second-order valence-corrected chi connectivity index (χ2v) is 4.08. The first-order valence-corrected chi connectivity index (χ1v) is 5.48. The maximum Gasteiger partial charge on any atom is 0.314 e. The molecule has 0 radical (unpaired) electrons. The van der Waals surface area contributed by atoms with E-state index in [1.807, 2.05) is 13.8 Å². The highest BCUT2D eigenvalue weighted by Crippen LogP contribution is 2.30. The molecule has 0 atom stereocenters. The molecule has 1 amide bonds. The number of amides is 1. The molecule has 0 aliphatic carbocycles. The average Bonchev–Trinajstić information content (AvgIpc) is 2.24. The van der Waals surface area contributed by atoms with Crippen molar-refractivity contribution in [3.63, 3.8) is 0 Å². The lowest BCUT2D eigenvalue weighted by atomic mass is 10.2. The molecule has 0 saturated carbocycles. The Morgan fingerprint density at radius 3 is 2.72 bits per heavy atom. The van der Waals surface area contributed by atoms with Crippen LogP contribution in [0.3, 0.4) is 0 Å². The van der Waals surface area contributed by atoms with Gasteiger partial charge < -0.3 is 16.4 Å². The number of nitro benzene ring substituents is 1. The monoisotopic (exact) mass is 252 g/mol. The highest BCUT2D eigenvalue weighted by atomic mass is 16.6. The van der Waals surface area contributed by atoms with Gasteiger partial charge in [0.05, 0.1) is 11.5 Å². The second-order valence-electron chi connectivity index (χ2n) is 4.08. The fourth-order valence-electron chi connectivity index (χ4n) is 1.46. The largest absolute Gasteiger partial charge is 0.393 e. The SMILES string of the molecule is CC(C)NC(=O)CNc1cccc(N)c1[N+](=O)[O-]. The summed E-state index contributed by atoms with van der Waals surface area (Å²) in [7, 11) is 0. The first-order valence-electron chi connectivity index (χ1n) is 5.48. The Hall–Kier alpha value is -2.31. The molecule has 7 heteroatoms. The molecule has 0 heterocycles. The highest BCUT2D eigenvalue weighted by molar-refractivity contribution is 5.83. The molecule has 0 aromatic heterocycles. The number of carbonyl (C=O) groups is 1. The van der Waals surface area contributed by atoms with Crippen molar-refractivity contribution in [3.8, 4) is 0 Å². The molecule has 4 N–H and O–H groups in total. The Kier molecular flexibility index (Phi) is 4.47.